The molecule has 1 fully saturated rings. The summed E-state index contributed by atoms with van der Waals surface area (Å²) < 4.78 is 0. The molecule has 2 rings (SSSR count). The minimum Gasteiger partial charge on any atom is -0.394 e. The zero-order valence-corrected chi connectivity index (χ0v) is 9.22. The first kappa shape index (κ1) is 10.4. The van der Waals surface area contributed by atoms with Crippen LogP contribution in [0.2, 0.25) is 0 Å². The van der Waals surface area contributed by atoms with Gasteiger partial charge in [-0.3, -0.25) is 0 Å². The van der Waals surface area contributed by atoms with Crippen molar-refractivity contribution in [1.82, 2.24) is 9.97 Å². The lowest BCUT2D eigenvalue weighted by Gasteiger charge is -2.24. The molecule has 2 unspecified atom stereocenters. The van der Waals surface area contributed by atoms with Gasteiger partial charge in [0.1, 0.15) is 0 Å². The van der Waals surface area contributed by atoms with Crippen molar-refractivity contribution < 1.29 is 5.11 Å². The normalized spacial score (nSPS) is 25.9. The molecular formula is C11H17N3O. The molecule has 1 aliphatic rings. The lowest BCUT2D eigenvalue weighted by molar-refractivity contribution is 0.244. The van der Waals surface area contributed by atoms with Crippen molar-refractivity contribution in [3.05, 3.63) is 18.0 Å². The zero-order chi connectivity index (χ0) is 10.8. The summed E-state index contributed by atoms with van der Waals surface area (Å²) in [4.78, 5) is 10.7. The molecule has 0 aromatic carbocycles. The van der Waals surface area contributed by atoms with E-state index in [9.17, 15) is 5.11 Å². The summed E-state index contributed by atoms with van der Waals surface area (Å²) in [5.74, 6) is 1.25. The monoisotopic (exact) mass is 207 g/mol. The molecule has 1 N–H and O–H groups in total. The van der Waals surface area contributed by atoms with E-state index in [0.29, 0.717) is 5.92 Å². The molecule has 2 heterocycles. The molecule has 4 heteroatoms. The van der Waals surface area contributed by atoms with Crippen LogP contribution in [0.25, 0.3) is 0 Å². The Hall–Kier alpha value is -1.16. The highest BCUT2D eigenvalue weighted by molar-refractivity contribution is 5.34. The third-order valence-corrected chi connectivity index (χ3v) is 3.09. The summed E-state index contributed by atoms with van der Waals surface area (Å²) >= 11 is 0. The fraction of sp³-hybridized carbons (Fsp3) is 0.636. The lowest BCUT2D eigenvalue weighted by atomic mass is 10.0. The molecule has 0 radical (unpaired) electrons. The van der Waals surface area contributed by atoms with Crippen molar-refractivity contribution in [3.8, 4) is 0 Å². The fourth-order valence-electron chi connectivity index (χ4n) is 2.07. The van der Waals surface area contributed by atoms with Crippen LogP contribution >= 0.6 is 0 Å². The third-order valence-electron chi connectivity index (χ3n) is 3.09. The summed E-state index contributed by atoms with van der Waals surface area (Å²) in [6.07, 6.45) is 4.74. The number of aliphatic hydroxyl groups is 1. The van der Waals surface area contributed by atoms with Crippen LogP contribution in [0.5, 0.6) is 0 Å². The van der Waals surface area contributed by atoms with Crippen molar-refractivity contribution in [2.45, 2.75) is 26.3 Å². The van der Waals surface area contributed by atoms with Crippen molar-refractivity contribution in [2.75, 3.05) is 18.1 Å². The number of anilines is 1. The predicted octanol–water partition coefficient (Wildman–Crippen LogP) is 0.992. The highest BCUT2D eigenvalue weighted by Gasteiger charge is 2.31. The average molecular weight is 207 g/mol. The zero-order valence-electron chi connectivity index (χ0n) is 9.22. The Bertz CT molecular complexity index is 325. The topological polar surface area (TPSA) is 49.2 Å². The lowest BCUT2D eigenvalue weighted by Crippen LogP contribution is -2.36. The Morgan fingerprint density at radius 1 is 1.47 bits per heavy atom. The fourth-order valence-corrected chi connectivity index (χ4v) is 2.07. The molecule has 1 aliphatic heterocycles. The Morgan fingerprint density at radius 2 is 2.13 bits per heavy atom. The largest absolute Gasteiger partial charge is 0.394 e. The summed E-state index contributed by atoms with van der Waals surface area (Å²) in [5.41, 5.74) is 1.06. The smallest absolute Gasteiger partial charge is 0.225 e. The molecule has 0 spiro atoms. The van der Waals surface area contributed by atoms with Crippen LogP contribution in [0.1, 0.15) is 18.9 Å². The van der Waals surface area contributed by atoms with Crippen LogP contribution in [-0.4, -0.2) is 34.3 Å². The second-order valence-electron chi connectivity index (χ2n) is 4.27. The van der Waals surface area contributed by atoms with E-state index in [0.717, 1.165) is 24.5 Å². The van der Waals surface area contributed by atoms with Gasteiger partial charge in [-0.25, -0.2) is 9.97 Å². The van der Waals surface area contributed by atoms with Gasteiger partial charge in [0.25, 0.3) is 0 Å². The van der Waals surface area contributed by atoms with E-state index < -0.39 is 0 Å². The highest BCUT2D eigenvalue weighted by atomic mass is 16.3. The number of hydrogen-bond acceptors (Lipinski definition) is 4. The van der Waals surface area contributed by atoms with E-state index in [2.05, 4.69) is 21.8 Å². The van der Waals surface area contributed by atoms with E-state index in [1.165, 1.54) is 0 Å². The Labute approximate surface area is 90.0 Å². The maximum absolute atomic E-state index is 9.33. The van der Waals surface area contributed by atoms with Gasteiger partial charge in [0.15, 0.2) is 0 Å². The second kappa shape index (κ2) is 4.14. The number of nitrogens with zero attached hydrogens (tertiary/aromatic N) is 3. The SMILES string of the molecule is Cc1cnc(N2CCC(C)C2CO)nc1. The van der Waals surface area contributed by atoms with Crippen LogP contribution in [0.3, 0.4) is 0 Å². The number of hydrogen-bond donors (Lipinski definition) is 1. The van der Waals surface area contributed by atoms with Crippen molar-refractivity contribution in [3.63, 3.8) is 0 Å². The van der Waals surface area contributed by atoms with E-state index in [4.69, 9.17) is 0 Å². The van der Waals surface area contributed by atoms with Crippen molar-refractivity contribution >= 4 is 5.95 Å². The van der Waals surface area contributed by atoms with Gasteiger partial charge in [0.05, 0.1) is 12.6 Å². The predicted molar refractivity (Wildman–Crippen MR) is 58.8 cm³/mol. The second-order valence-corrected chi connectivity index (χ2v) is 4.27. The number of rotatable bonds is 2. The average Bonchev–Trinajstić information content (AvgIpc) is 2.61. The molecule has 82 valence electrons. The number of aryl methyl sites for hydroxylation is 1. The minimum atomic E-state index is 0.174. The Balaban J connectivity index is 2.20. The summed E-state index contributed by atoms with van der Waals surface area (Å²) in [6, 6.07) is 0.174. The first-order valence-electron chi connectivity index (χ1n) is 5.38. The van der Waals surface area contributed by atoms with Crippen LogP contribution in [0.15, 0.2) is 12.4 Å². The van der Waals surface area contributed by atoms with Crippen molar-refractivity contribution in [1.29, 1.82) is 0 Å². The maximum atomic E-state index is 9.33. The first-order valence-corrected chi connectivity index (χ1v) is 5.38. The molecular weight excluding hydrogens is 190 g/mol. The van der Waals surface area contributed by atoms with Gasteiger partial charge in [0.2, 0.25) is 5.95 Å². The third kappa shape index (κ3) is 1.95. The quantitative estimate of drug-likeness (QED) is 0.785. The summed E-state index contributed by atoms with van der Waals surface area (Å²) in [6.45, 7) is 5.25. The molecule has 2 atom stereocenters. The maximum Gasteiger partial charge on any atom is 0.225 e. The van der Waals surface area contributed by atoms with E-state index in [-0.39, 0.29) is 12.6 Å². The van der Waals surface area contributed by atoms with Crippen molar-refractivity contribution in [2.24, 2.45) is 5.92 Å². The van der Waals surface area contributed by atoms with Gasteiger partial charge in [-0.15, -0.1) is 0 Å². The van der Waals surface area contributed by atoms with Gasteiger partial charge in [-0.1, -0.05) is 6.92 Å². The van der Waals surface area contributed by atoms with Crippen LogP contribution in [-0.2, 0) is 0 Å². The molecule has 0 bridgehead atoms. The van der Waals surface area contributed by atoms with Crippen LogP contribution in [0.4, 0.5) is 5.95 Å². The summed E-state index contributed by atoms with van der Waals surface area (Å²) in [5, 5.41) is 9.33. The molecule has 0 amide bonds. The van der Waals surface area contributed by atoms with Gasteiger partial charge in [-0.05, 0) is 24.8 Å². The number of aromatic nitrogens is 2. The number of aliphatic hydroxyl groups excluding tert-OH is 1. The first-order chi connectivity index (χ1) is 7.22. The Kier molecular flexibility index (Phi) is 2.86. The molecule has 1 saturated heterocycles. The standard InChI is InChI=1S/C11H17N3O/c1-8-5-12-11(13-6-8)14-4-3-9(2)10(14)7-15/h5-6,9-10,15H,3-4,7H2,1-2H3. The molecule has 1 aromatic heterocycles. The van der Waals surface area contributed by atoms with Gasteiger partial charge >= 0.3 is 0 Å². The summed E-state index contributed by atoms with van der Waals surface area (Å²) in [7, 11) is 0. The van der Waals surface area contributed by atoms with Gasteiger partial charge in [-0.2, -0.15) is 0 Å². The van der Waals surface area contributed by atoms with Gasteiger partial charge < -0.3 is 10.0 Å². The highest BCUT2D eigenvalue weighted by Crippen LogP contribution is 2.26. The van der Waals surface area contributed by atoms with Crippen LogP contribution in [0, 0.1) is 12.8 Å². The molecule has 0 saturated carbocycles. The van der Waals surface area contributed by atoms with Gasteiger partial charge in [0, 0.05) is 18.9 Å². The van der Waals surface area contributed by atoms with E-state index in [1.807, 2.05) is 19.3 Å². The Morgan fingerprint density at radius 3 is 2.73 bits per heavy atom. The van der Waals surface area contributed by atoms with E-state index in [1.54, 1.807) is 0 Å². The molecule has 15 heavy (non-hydrogen) atoms. The molecule has 1 aromatic rings. The van der Waals surface area contributed by atoms with Crippen LogP contribution < -0.4 is 4.90 Å². The molecule has 0 aliphatic carbocycles. The minimum absolute atomic E-state index is 0.174. The van der Waals surface area contributed by atoms with E-state index >= 15 is 0 Å². The molecule has 4 nitrogen and oxygen atoms in total.